The van der Waals surface area contributed by atoms with E-state index in [1.54, 1.807) is 12.1 Å². The zero-order valence-corrected chi connectivity index (χ0v) is 12.3. The van der Waals surface area contributed by atoms with Crippen LogP contribution in [0.4, 0.5) is 0 Å². The number of fused-ring (bicyclic) bond motifs is 3. The van der Waals surface area contributed by atoms with Gasteiger partial charge >= 0.3 is 5.97 Å². The Labute approximate surface area is 130 Å². The first kappa shape index (κ1) is 13.5. The van der Waals surface area contributed by atoms with Crippen molar-refractivity contribution < 1.29 is 9.90 Å². The zero-order valence-electron chi connectivity index (χ0n) is 12.3. The van der Waals surface area contributed by atoms with Gasteiger partial charge in [-0.3, -0.25) is 0 Å². The number of nitrogens with one attached hydrogen (secondary N) is 1. The highest BCUT2D eigenvalue weighted by molar-refractivity contribution is 5.87. The van der Waals surface area contributed by atoms with E-state index in [2.05, 4.69) is 29.6 Å². The van der Waals surface area contributed by atoms with Crippen molar-refractivity contribution in [2.45, 2.75) is 24.8 Å². The van der Waals surface area contributed by atoms with Gasteiger partial charge in [0.05, 0.1) is 5.56 Å². The van der Waals surface area contributed by atoms with Gasteiger partial charge in [0.15, 0.2) is 0 Å². The van der Waals surface area contributed by atoms with Gasteiger partial charge in [-0.25, -0.2) is 4.79 Å². The van der Waals surface area contributed by atoms with Crippen LogP contribution in [0.15, 0.2) is 48.5 Å². The van der Waals surface area contributed by atoms with Crippen LogP contribution in [-0.4, -0.2) is 17.6 Å². The SMILES string of the molecule is O=C(O)c1ccc(C2NCCC3Cc4ccccc4C32)cc1. The Balaban J connectivity index is 1.70. The third kappa shape index (κ3) is 2.13. The summed E-state index contributed by atoms with van der Waals surface area (Å²) in [5, 5.41) is 12.7. The van der Waals surface area contributed by atoms with E-state index in [-0.39, 0.29) is 6.04 Å². The molecule has 4 rings (SSSR count). The molecule has 2 aromatic rings. The van der Waals surface area contributed by atoms with Gasteiger partial charge in [-0.15, -0.1) is 0 Å². The fourth-order valence-corrected chi connectivity index (χ4v) is 4.15. The molecule has 3 heteroatoms. The van der Waals surface area contributed by atoms with Crippen LogP contribution in [0, 0.1) is 5.92 Å². The van der Waals surface area contributed by atoms with E-state index in [0.717, 1.165) is 6.54 Å². The molecule has 112 valence electrons. The second-order valence-electron chi connectivity index (χ2n) is 6.34. The summed E-state index contributed by atoms with van der Waals surface area (Å²) in [5.74, 6) is 0.329. The van der Waals surface area contributed by atoms with Crippen LogP contribution in [0.1, 0.15) is 45.4 Å². The van der Waals surface area contributed by atoms with Gasteiger partial charge in [0.2, 0.25) is 0 Å². The third-order valence-corrected chi connectivity index (χ3v) is 5.16. The second-order valence-corrected chi connectivity index (χ2v) is 6.34. The summed E-state index contributed by atoms with van der Waals surface area (Å²) in [5.41, 5.74) is 4.49. The Morgan fingerprint density at radius 2 is 1.86 bits per heavy atom. The molecule has 1 saturated heterocycles. The molecule has 2 aliphatic rings. The maximum atomic E-state index is 11.0. The number of piperidine rings is 1. The second kappa shape index (κ2) is 5.25. The molecule has 0 radical (unpaired) electrons. The highest BCUT2D eigenvalue weighted by Crippen LogP contribution is 2.48. The fraction of sp³-hybridized carbons (Fsp3) is 0.316. The molecular formula is C19H19NO2. The number of benzene rings is 2. The molecule has 3 nitrogen and oxygen atoms in total. The van der Waals surface area contributed by atoms with Crippen molar-refractivity contribution in [3.8, 4) is 0 Å². The Kier molecular flexibility index (Phi) is 3.23. The summed E-state index contributed by atoms with van der Waals surface area (Å²) < 4.78 is 0. The monoisotopic (exact) mass is 293 g/mol. The highest BCUT2D eigenvalue weighted by atomic mass is 16.4. The van der Waals surface area contributed by atoms with Gasteiger partial charge in [-0.1, -0.05) is 36.4 Å². The number of carboxylic acids is 1. The van der Waals surface area contributed by atoms with E-state index >= 15 is 0 Å². The molecule has 0 aromatic heterocycles. The predicted octanol–water partition coefficient (Wildman–Crippen LogP) is 3.38. The van der Waals surface area contributed by atoms with E-state index in [0.29, 0.717) is 17.4 Å². The lowest BCUT2D eigenvalue weighted by Gasteiger charge is -2.36. The standard InChI is InChI=1S/C19H19NO2/c21-19(22)13-7-5-12(6-8-13)18-17-15(9-10-20-18)11-14-3-1-2-4-16(14)17/h1-8,15,17-18,20H,9-11H2,(H,21,22). The van der Waals surface area contributed by atoms with Crippen LogP contribution in [0.25, 0.3) is 0 Å². The lowest BCUT2D eigenvalue weighted by Crippen LogP contribution is -2.36. The van der Waals surface area contributed by atoms with E-state index in [4.69, 9.17) is 5.11 Å². The largest absolute Gasteiger partial charge is 0.478 e. The van der Waals surface area contributed by atoms with Gasteiger partial charge < -0.3 is 10.4 Å². The predicted molar refractivity (Wildman–Crippen MR) is 85.1 cm³/mol. The Bertz CT molecular complexity index is 708. The topological polar surface area (TPSA) is 49.3 Å². The first-order valence-corrected chi connectivity index (χ1v) is 7.88. The average molecular weight is 293 g/mol. The van der Waals surface area contributed by atoms with Gasteiger partial charge in [-0.2, -0.15) is 0 Å². The van der Waals surface area contributed by atoms with Crippen molar-refractivity contribution in [1.29, 1.82) is 0 Å². The minimum Gasteiger partial charge on any atom is -0.478 e. The van der Waals surface area contributed by atoms with Crippen molar-refractivity contribution in [3.63, 3.8) is 0 Å². The molecule has 1 heterocycles. The summed E-state index contributed by atoms with van der Waals surface area (Å²) in [6, 6.07) is 16.4. The molecule has 3 unspecified atom stereocenters. The molecule has 0 spiro atoms. The number of aromatic carboxylic acids is 1. The quantitative estimate of drug-likeness (QED) is 0.892. The summed E-state index contributed by atoms with van der Waals surface area (Å²) >= 11 is 0. The number of carboxylic acid groups (broad SMARTS) is 1. The lowest BCUT2D eigenvalue weighted by molar-refractivity contribution is 0.0697. The summed E-state index contributed by atoms with van der Waals surface area (Å²) in [7, 11) is 0. The Morgan fingerprint density at radius 1 is 1.09 bits per heavy atom. The van der Waals surface area contributed by atoms with Crippen molar-refractivity contribution in [2.24, 2.45) is 5.92 Å². The highest BCUT2D eigenvalue weighted by Gasteiger charge is 2.40. The van der Waals surface area contributed by atoms with E-state index in [1.807, 2.05) is 12.1 Å². The van der Waals surface area contributed by atoms with Gasteiger partial charge in [0.1, 0.15) is 0 Å². The van der Waals surface area contributed by atoms with Crippen molar-refractivity contribution in [3.05, 3.63) is 70.8 Å². The smallest absolute Gasteiger partial charge is 0.335 e. The van der Waals surface area contributed by atoms with Crippen LogP contribution in [0.2, 0.25) is 0 Å². The first-order chi connectivity index (χ1) is 10.7. The lowest BCUT2D eigenvalue weighted by atomic mass is 9.78. The first-order valence-electron chi connectivity index (χ1n) is 7.88. The molecule has 1 fully saturated rings. The van der Waals surface area contributed by atoms with Gasteiger partial charge in [-0.05, 0) is 54.1 Å². The molecule has 0 amide bonds. The Morgan fingerprint density at radius 3 is 2.64 bits per heavy atom. The fourth-order valence-electron chi connectivity index (χ4n) is 4.15. The Hall–Kier alpha value is -2.13. The summed E-state index contributed by atoms with van der Waals surface area (Å²) in [6.45, 7) is 1.03. The summed E-state index contributed by atoms with van der Waals surface area (Å²) in [4.78, 5) is 11.0. The number of rotatable bonds is 2. The minimum absolute atomic E-state index is 0.283. The van der Waals surface area contributed by atoms with Crippen molar-refractivity contribution in [1.82, 2.24) is 5.32 Å². The van der Waals surface area contributed by atoms with E-state index < -0.39 is 5.97 Å². The number of carbonyl (C=O) groups is 1. The van der Waals surface area contributed by atoms with E-state index in [9.17, 15) is 4.79 Å². The molecular weight excluding hydrogens is 274 g/mol. The van der Waals surface area contributed by atoms with Gasteiger partial charge in [0, 0.05) is 12.0 Å². The maximum Gasteiger partial charge on any atom is 0.335 e. The van der Waals surface area contributed by atoms with Crippen LogP contribution >= 0.6 is 0 Å². The maximum absolute atomic E-state index is 11.0. The molecule has 2 aromatic carbocycles. The van der Waals surface area contributed by atoms with Gasteiger partial charge in [0.25, 0.3) is 0 Å². The van der Waals surface area contributed by atoms with E-state index in [1.165, 1.54) is 29.5 Å². The summed E-state index contributed by atoms with van der Waals surface area (Å²) in [6.07, 6.45) is 2.38. The molecule has 1 aliphatic heterocycles. The number of hydrogen-bond acceptors (Lipinski definition) is 2. The zero-order chi connectivity index (χ0) is 15.1. The minimum atomic E-state index is -0.868. The molecule has 0 bridgehead atoms. The van der Waals surface area contributed by atoms with Crippen molar-refractivity contribution >= 4 is 5.97 Å². The number of hydrogen-bond donors (Lipinski definition) is 2. The molecule has 1 aliphatic carbocycles. The molecule has 3 atom stereocenters. The third-order valence-electron chi connectivity index (χ3n) is 5.16. The van der Waals surface area contributed by atoms with Crippen LogP contribution in [0.3, 0.4) is 0 Å². The molecule has 22 heavy (non-hydrogen) atoms. The van der Waals surface area contributed by atoms with Crippen LogP contribution in [0.5, 0.6) is 0 Å². The van der Waals surface area contributed by atoms with Crippen LogP contribution in [-0.2, 0) is 6.42 Å². The van der Waals surface area contributed by atoms with Crippen molar-refractivity contribution in [2.75, 3.05) is 6.54 Å². The van der Waals surface area contributed by atoms with Crippen LogP contribution < -0.4 is 5.32 Å². The molecule has 2 N–H and O–H groups in total. The average Bonchev–Trinajstić information content (AvgIpc) is 2.93. The molecule has 0 saturated carbocycles. The normalized spacial score (nSPS) is 26.3.